The second-order valence-corrected chi connectivity index (χ2v) is 6.72. The highest BCUT2D eigenvalue weighted by Gasteiger charge is 2.29. The minimum Gasteiger partial charge on any atom is -0.320 e. The predicted octanol–water partition coefficient (Wildman–Crippen LogP) is 3.35. The molecule has 0 unspecified atom stereocenters. The number of nitrogens with zero attached hydrogens (tertiary/aromatic N) is 5. The molecule has 1 aliphatic rings. The summed E-state index contributed by atoms with van der Waals surface area (Å²) in [5.41, 5.74) is 2.56. The average molecular weight is 362 g/mol. The number of anilines is 1. The van der Waals surface area contributed by atoms with Crippen molar-refractivity contribution in [2.24, 2.45) is 0 Å². The molecule has 1 atom stereocenters. The van der Waals surface area contributed by atoms with E-state index < -0.39 is 0 Å². The zero-order valence-corrected chi connectivity index (χ0v) is 15.2. The second kappa shape index (κ2) is 7.57. The van der Waals surface area contributed by atoms with Gasteiger partial charge in [-0.1, -0.05) is 12.1 Å². The van der Waals surface area contributed by atoms with Crippen LogP contribution >= 0.6 is 0 Å². The summed E-state index contributed by atoms with van der Waals surface area (Å²) in [4.78, 5) is 23.3. The molecule has 3 heterocycles. The van der Waals surface area contributed by atoms with Crippen molar-refractivity contribution in [3.8, 4) is 11.3 Å². The van der Waals surface area contributed by atoms with Crippen LogP contribution in [0.4, 0.5) is 10.5 Å². The van der Waals surface area contributed by atoms with E-state index in [1.54, 1.807) is 12.4 Å². The predicted molar refractivity (Wildman–Crippen MR) is 103 cm³/mol. The number of likely N-dealkylation sites (tertiary alicyclic amines) is 1. The molecule has 138 valence electrons. The van der Waals surface area contributed by atoms with Crippen LogP contribution in [0.5, 0.6) is 0 Å². The van der Waals surface area contributed by atoms with E-state index in [2.05, 4.69) is 20.4 Å². The van der Waals surface area contributed by atoms with E-state index >= 15 is 0 Å². The number of hydrogen-bond acceptors (Lipinski definition) is 4. The molecule has 7 heteroatoms. The lowest BCUT2D eigenvalue weighted by molar-refractivity contribution is 0.199. The van der Waals surface area contributed by atoms with E-state index in [0.29, 0.717) is 0 Å². The molecule has 0 aliphatic carbocycles. The smallest absolute Gasteiger partial charge is 0.320 e. The van der Waals surface area contributed by atoms with Gasteiger partial charge in [-0.25, -0.2) is 14.8 Å². The quantitative estimate of drug-likeness (QED) is 0.772. The summed E-state index contributed by atoms with van der Waals surface area (Å²) in [6.07, 6.45) is 7.45. The maximum Gasteiger partial charge on any atom is 0.322 e. The Morgan fingerprint density at radius 2 is 2.19 bits per heavy atom. The van der Waals surface area contributed by atoms with E-state index in [4.69, 9.17) is 0 Å². The van der Waals surface area contributed by atoms with Crippen molar-refractivity contribution in [1.29, 1.82) is 0 Å². The molecule has 0 radical (unpaired) electrons. The molecule has 1 fully saturated rings. The van der Waals surface area contributed by atoms with Gasteiger partial charge in [-0.3, -0.25) is 4.68 Å². The van der Waals surface area contributed by atoms with E-state index in [9.17, 15) is 4.79 Å². The number of carbonyl (C=O) groups is 1. The summed E-state index contributed by atoms with van der Waals surface area (Å²) in [6.45, 7) is 3.35. The van der Waals surface area contributed by atoms with Crippen molar-refractivity contribution >= 4 is 11.7 Å². The highest BCUT2D eigenvalue weighted by Crippen LogP contribution is 2.23. The third-order valence-corrected chi connectivity index (χ3v) is 4.78. The molecule has 1 N–H and O–H groups in total. The molecule has 1 aliphatic heterocycles. The van der Waals surface area contributed by atoms with Gasteiger partial charge in [0.15, 0.2) is 0 Å². The van der Waals surface area contributed by atoms with Gasteiger partial charge in [-0.05, 0) is 44.0 Å². The molecule has 0 bridgehead atoms. The van der Waals surface area contributed by atoms with Gasteiger partial charge in [0.1, 0.15) is 5.82 Å². The van der Waals surface area contributed by atoms with Crippen LogP contribution in [-0.4, -0.2) is 43.3 Å². The van der Waals surface area contributed by atoms with Gasteiger partial charge >= 0.3 is 6.03 Å². The van der Waals surface area contributed by atoms with Gasteiger partial charge in [-0.15, -0.1) is 0 Å². The molecule has 1 aromatic carbocycles. The number of hydrogen-bond donors (Lipinski definition) is 1. The zero-order valence-electron chi connectivity index (χ0n) is 15.2. The van der Waals surface area contributed by atoms with Crippen LogP contribution < -0.4 is 5.32 Å². The lowest BCUT2D eigenvalue weighted by atomic mass is 10.1. The van der Waals surface area contributed by atoms with Gasteiger partial charge in [0.25, 0.3) is 0 Å². The van der Waals surface area contributed by atoms with Crippen LogP contribution in [0, 0.1) is 6.92 Å². The number of nitrogens with one attached hydrogen (secondary N) is 1. The lowest BCUT2D eigenvalue weighted by Gasteiger charge is -2.25. The molecule has 0 saturated carbocycles. The van der Waals surface area contributed by atoms with Crippen molar-refractivity contribution in [3.63, 3.8) is 0 Å². The first-order valence-electron chi connectivity index (χ1n) is 9.14. The summed E-state index contributed by atoms with van der Waals surface area (Å²) in [5.74, 6) is 0.723. The number of benzene rings is 1. The van der Waals surface area contributed by atoms with Crippen LogP contribution in [-0.2, 0) is 6.54 Å². The lowest BCUT2D eigenvalue weighted by Crippen LogP contribution is -2.40. The van der Waals surface area contributed by atoms with Crippen LogP contribution in [0.3, 0.4) is 0 Å². The molecule has 3 aromatic rings. The number of carbonyl (C=O) groups excluding carboxylic acids is 1. The fraction of sp³-hybridized carbons (Fsp3) is 0.300. The molecule has 4 rings (SSSR count). The Kier molecular flexibility index (Phi) is 4.82. The Hall–Kier alpha value is -3.22. The second-order valence-electron chi connectivity index (χ2n) is 6.72. The summed E-state index contributed by atoms with van der Waals surface area (Å²) in [6, 6.07) is 11.6. The minimum atomic E-state index is -0.0688. The van der Waals surface area contributed by atoms with Crippen LogP contribution in [0.25, 0.3) is 11.3 Å². The third-order valence-electron chi connectivity index (χ3n) is 4.78. The van der Waals surface area contributed by atoms with Crippen molar-refractivity contribution in [1.82, 2.24) is 24.6 Å². The number of aromatic nitrogens is 4. The van der Waals surface area contributed by atoms with Crippen molar-refractivity contribution in [3.05, 3.63) is 60.8 Å². The maximum absolute atomic E-state index is 12.8. The van der Waals surface area contributed by atoms with E-state index in [-0.39, 0.29) is 12.1 Å². The summed E-state index contributed by atoms with van der Waals surface area (Å²) in [7, 11) is 0. The van der Waals surface area contributed by atoms with Gasteiger partial charge in [-0.2, -0.15) is 5.10 Å². The first kappa shape index (κ1) is 17.2. The van der Waals surface area contributed by atoms with Crippen LogP contribution in [0.2, 0.25) is 0 Å². The number of amides is 2. The molecule has 27 heavy (non-hydrogen) atoms. The molecule has 2 amide bonds. The summed E-state index contributed by atoms with van der Waals surface area (Å²) < 4.78 is 1.88. The van der Waals surface area contributed by atoms with Crippen molar-refractivity contribution in [2.75, 3.05) is 11.9 Å². The normalized spacial score (nSPS) is 16.5. The Balaban J connectivity index is 1.47. The van der Waals surface area contributed by atoms with Gasteiger partial charge in [0, 0.05) is 36.4 Å². The highest BCUT2D eigenvalue weighted by atomic mass is 16.2. The van der Waals surface area contributed by atoms with Crippen LogP contribution in [0.1, 0.15) is 18.7 Å². The molecular formula is C20H22N6O. The Morgan fingerprint density at radius 3 is 3.00 bits per heavy atom. The fourth-order valence-electron chi connectivity index (χ4n) is 3.49. The first-order chi connectivity index (χ1) is 13.2. The average Bonchev–Trinajstić information content (AvgIpc) is 3.34. The number of aryl methyl sites for hydroxylation is 1. The van der Waals surface area contributed by atoms with Gasteiger partial charge < -0.3 is 10.2 Å². The van der Waals surface area contributed by atoms with Gasteiger partial charge in [0.2, 0.25) is 0 Å². The fourth-order valence-corrected chi connectivity index (χ4v) is 3.49. The highest BCUT2D eigenvalue weighted by molar-refractivity contribution is 5.90. The minimum absolute atomic E-state index is 0.0688. The molecule has 2 aromatic heterocycles. The SMILES string of the molecule is Cc1nccc(-c2cccc(NC(=O)N3CCC[C@@H]3Cn3cccn3)c2)n1. The topological polar surface area (TPSA) is 75.9 Å². The van der Waals surface area contributed by atoms with E-state index in [1.165, 1.54) is 0 Å². The molecule has 1 saturated heterocycles. The molecular weight excluding hydrogens is 340 g/mol. The monoisotopic (exact) mass is 362 g/mol. The van der Waals surface area contributed by atoms with E-state index in [0.717, 1.165) is 48.7 Å². The van der Waals surface area contributed by atoms with Gasteiger partial charge in [0.05, 0.1) is 18.3 Å². The number of urea groups is 1. The molecule has 7 nitrogen and oxygen atoms in total. The summed E-state index contributed by atoms with van der Waals surface area (Å²) in [5, 5.41) is 7.29. The Bertz CT molecular complexity index is 924. The van der Waals surface area contributed by atoms with Crippen molar-refractivity contribution in [2.45, 2.75) is 32.4 Å². The third kappa shape index (κ3) is 3.97. The van der Waals surface area contributed by atoms with Crippen LogP contribution in [0.15, 0.2) is 55.0 Å². The Morgan fingerprint density at radius 1 is 1.26 bits per heavy atom. The zero-order chi connectivity index (χ0) is 18.6. The maximum atomic E-state index is 12.8. The largest absolute Gasteiger partial charge is 0.322 e. The van der Waals surface area contributed by atoms with Crippen molar-refractivity contribution < 1.29 is 4.79 Å². The summed E-state index contributed by atoms with van der Waals surface area (Å²) >= 11 is 0. The number of rotatable bonds is 4. The first-order valence-corrected chi connectivity index (χ1v) is 9.14. The molecule has 0 spiro atoms. The van der Waals surface area contributed by atoms with E-state index in [1.807, 2.05) is 59.1 Å². The Labute approximate surface area is 158 Å². The standard InChI is InChI=1S/C20H22N6O/c1-15-21-10-8-19(23-15)16-5-2-6-17(13-16)24-20(27)26-12-3-7-18(26)14-25-11-4-9-22-25/h2,4-6,8-11,13,18H,3,7,12,14H2,1H3,(H,24,27)/t18-/m1/s1.